The summed E-state index contributed by atoms with van der Waals surface area (Å²) in [6.45, 7) is 1.69. The zero-order valence-corrected chi connectivity index (χ0v) is 17.4. The van der Waals surface area contributed by atoms with Crippen molar-refractivity contribution in [3.05, 3.63) is 59.6 Å². The molecule has 4 N–H and O–H groups in total. The lowest BCUT2D eigenvalue weighted by Gasteiger charge is -2.40. The summed E-state index contributed by atoms with van der Waals surface area (Å²) in [4.78, 5) is 3.52. The maximum absolute atomic E-state index is 10.9. The Kier molecular flexibility index (Phi) is 4.12. The van der Waals surface area contributed by atoms with Gasteiger partial charge >= 0.3 is 0 Å². The van der Waals surface area contributed by atoms with Gasteiger partial charge < -0.3 is 29.6 Å². The van der Waals surface area contributed by atoms with Gasteiger partial charge in [-0.05, 0) is 31.2 Å². The average molecular weight is 437 g/mol. The number of nitrogens with one attached hydrogen (secondary N) is 1. The minimum atomic E-state index is -1.32. The zero-order valence-electron chi connectivity index (χ0n) is 16.7. The van der Waals surface area contributed by atoms with Crippen LogP contribution in [0.3, 0.4) is 0 Å². The molecule has 5 atom stereocenters. The minimum absolute atomic E-state index is 0.609. The van der Waals surface area contributed by atoms with Crippen molar-refractivity contribution in [3.8, 4) is 0 Å². The van der Waals surface area contributed by atoms with Gasteiger partial charge in [-0.15, -0.1) is 0 Å². The number of ether oxygens (including phenoxy) is 1. The van der Waals surface area contributed by atoms with Crippen LogP contribution in [0.2, 0.25) is 5.02 Å². The van der Waals surface area contributed by atoms with Gasteiger partial charge in [-0.25, -0.2) is 0 Å². The fourth-order valence-electron chi connectivity index (χ4n) is 4.93. The van der Waals surface area contributed by atoms with E-state index in [1.165, 1.54) is 0 Å². The number of aliphatic hydroxyl groups is 3. The van der Waals surface area contributed by atoms with Crippen LogP contribution in [0.25, 0.3) is 43.6 Å². The summed E-state index contributed by atoms with van der Waals surface area (Å²) in [5, 5.41) is 36.2. The van der Waals surface area contributed by atoms with Crippen molar-refractivity contribution in [1.82, 2.24) is 9.55 Å². The van der Waals surface area contributed by atoms with E-state index in [-0.39, 0.29) is 0 Å². The van der Waals surface area contributed by atoms with Crippen molar-refractivity contribution < 1.29 is 20.1 Å². The summed E-state index contributed by atoms with van der Waals surface area (Å²) in [5.41, 5.74) is 3.60. The van der Waals surface area contributed by atoms with E-state index in [0.717, 1.165) is 43.6 Å². The van der Waals surface area contributed by atoms with E-state index in [1.807, 2.05) is 34.9 Å². The van der Waals surface area contributed by atoms with E-state index in [9.17, 15) is 15.3 Å². The number of para-hydroxylation sites is 1. The molecule has 6 nitrogen and oxygen atoms in total. The van der Waals surface area contributed by atoms with E-state index >= 15 is 0 Å². The lowest BCUT2D eigenvalue weighted by Crippen LogP contribution is -2.54. The Morgan fingerprint density at radius 1 is 0.871 bits per heavy atom. The van der Waals surface area contributed by atoms with Crippen LogP contribution in [0, 0.1) is 0 Å². The lowest BCUT2D eigenvalue weighted by atomic mass is 9.99. The Labute approximate surface area is 182 Å². The highest BCUT2D eigenvalue weighted by molar-refractivity contribution is 6.32. The SMILES string of the molecule is C[C@@H]1O[C@@H](n2c3ccc(Cl)cc3c3ccc4c5ccccc5[nH]c4c32)[C@H](O)[C@@H](O)[C@@H]1O. The molecule has 1 fully saturated rings. The van der Waals surface area contributed by atoms with Crippen molar-refractivity contribution in [3.63, 3.8) is 0 Å². The molecular formula is C24H21ClN2O4. The molecule has 158 valence electrons. The van der Waals surface area contributed by atoms with Crippen LogP contribution in [0.1, 0.15) is 13.2 Å². The first-order chi connectivity index (χ1) is 15.0. The minimum Gasteiger partial charge on any atom is -0.388 e. The van der Waals surface area contributed by atoms with Gasteiger partial charge in [0.25, 0.3) is 0 Å². The highest BCUT2D eigenvalue weighted by atomic mass is 35.5. The summed E-state index contributed by atoms with van der Waals surface area (Å²) in [6, 6.07) is 17.8. The molecule has 1 aliphatic heterocycles. The van der Waals surface area contributed by atoms with Gasteiger partial charge in [0.1, 0.15) is 18.3 Å². The van der Waals surface area contributed by atoms with Crippen LogP contribution in [0.5, 0.6) is 0 Å². The number of aromatic amines is 1. The number of fused-ring (bicyclic) bond motifs is 7. The normalized spacial score (nSPS) is 27.1. The molecule has 1 saturated heterocycles. The third-order valence-electron chi connectivity index (χ3n) is 6.49. The van der Waals surface area contributed by atoms with Crippen molar-refractivity contribution >= 4 is 55.2 Å². The number of nitrogens with zero attached hydrogens (tertiary/aromatic N) is 1. The molecule has 0 radical (unpaired) electrons. The monoisotopic (exact) mass is 436 g/mol. The predicted molar refractivity (Wildman–Crippen MR) is 121 cm³/mol. The summed E-state index contributed by atoms with van der Waals surface area (Å²) in [7, 11) is 0. The Hall–Kier alpha value is -2.61. The first kappa shape index (κ1) is 19.1. The summed E-state index contributed by atoms with van der Waals surface area (Å²) in [5.74, 6) is 0. The number of hydrogen-bond acceptors (Lipinski definition) is 4. The number of aromatic nitrogens is 2. The zero-order chi connectivity index (χ0) is 21.4. The fraction of sp³-hybridized carbons (Fsp3) is 0.250. The Morgan fingerprint density at radius 3 is 2.48 bits per heavy atom. The molecule has 0 saturated carbocycles. The topological polar surface area (TPSA) is 90.6 Å². The van der Waals surface area contributed by atoms with Gasteiger partial charge in [0.05, 0.1) is 22.7 Å². The second-order valence-corrected chi connectivity index (χ2v) is 8.73. The van der Waals surface area contributed by atoms with Crippen LogP contribution in [-0.2, 0) is 4.74 Å². The predicted octanol–water partition coefficient (Wildman–Crippen LogP) is 4.08. The third kappa shape index (κ3) is 2.60. The van der Waals surface area contributed by atoms with Gasteiger partial charge in [-0.3, -0.25) is 0 Å². The van der Waals surface area contributed by atoms with Crippen LogP contribution in [-0.4, -0.2) is 49.3 Å². The molecule has 1 aliphatic rings. The second-order valence-electron chi connectivity index (χ2n) is 8.29. The van der Waals surface area contributed by atoms with Gasteiger partial charge in [0.2, 0.25) is 0 Å². The molecule has 31 heavy (non-hydrogen) atoms. The number of H-pyrrole nitrogens is 1. The van der Waals surface area contributed by atoms with Gasteiger partial charge in [0, 0.05) is 32.1 Å². The number of hydrogen-bond donors (Lipinski definition) is 4. The molecule has 0 amide bonds. The number of aliphatic hydroxyl groups excluding tert-OH is 3. The Balaban J connectivity index is 1.76. The number of benzene rings is 3. The van der Waals surface area contributed by atoms with Crippen molar-refractivity contribution in [2.24, 2.45) is 0 Å². The van der Waals surface area contributed by atoms with Crippen LogP contribution < -0.4 is 0 Å². The van der Waals surface area contributed by atoms with E-state index in [0.29, 0.717) is 5.02 Å². The molecular weight excluding hydrogens is 416 g/mol. The molecule has 0 unspecified atom stereocenters. The van der Waals surface area contributed by atoms with Crippen molar-refractivity contribution in [2.75, 3.05) is 0 Å². The van der Waals surface area contributed by atoms with Crippen LogP contribution >= 0.6 is 11.6 Å². The molecule has 0 spiro atoms. The molecule has 3 heterocycles. The van der Waals surface area contributed by atoms with E-state index in [2.05, 4.69) is 23.2 Å². The van der Waals surface area contributed by atoms with Crippen molar-refractivity contribution in [2.45, 2.75) is 37.6 Å². The molecule has 2 aromatic heterocycles. The number of rotatable bonds is 1. The smallest absolute Gasteiger partial charge is 0.163 e. The number of halogens is 1. The maximum Gasteiger partial charge on any atom is 0.163 e. The summed E-state index contributed by atoms with van der Waals surface area (Å²) >= 11 is 6.32. The largest absolute Gasteiger partial charge is 0.388 e. The second kappa shape index (κ2) is 6.69. The summed E-state index contributed by atoms with van der Waals surface area (Å²) in [6.07, 6.45) is -5.32. The molecule has 6 rings (SSSR count). The van der Waals surface area contributed by atoms with Gasteiger partial charge in [-0.2, -0.15) is 0 Å². The van der Waals surface area contributed by atoms with Gasteiger partial charge in [0.15, 0.2) is 6.23 Å². The highest BCUT2D eigenvalue weighted by Crippen LogP contribution is 2.42. The maximum atomic E-state index is 10.9. The summed E-state index contributed by atoms with van der Waals surface area (Å²) < 4.78 is 7.96. The molecule has 0 aliphatic carbocycles. The standard InChI is InChI=1S/C24H21ClN2O4/c1-11-21(28)22(29)23(30)24(31-11)27-18-9-6-12(25)10-16(18)15-8-7-14-13-4-2-3-5-17(13)26-19(14)20(15)27/h2-11,21-24,26,28-30H,1H3/t11-,21+,22-,23+,24+/m0/s1. The first-order valence-corrected chi connectivity index (χ1v) is 10.7. The van der Waals surface area contributed by atoms with E-state index < -0.39 is 30.6 Å². The third-order valence-corrected chi connectivity index (χ3v) is 6.72. The first-order valence-electron chi connectivity index (χ1n) is 10.3. The molecule has 5 aromatic rings. The van der Waals surface area contributed by atoms with Crippen LogP contribution in [0.15, 0.2) is 54.6 Å². The Morgan fingerprint density at radius 2 is 1.65 bits per heavy atom. The quantitative estimate of drug-likeness (QED) is 0.318. The van der Waals surface area contributed by atoms with E-state index in [1.54, 1.807) is 13.0 Å². The fourth-order valence-corrected chi connectivity index (χ4v) is 5.11. The molecule has 3 aromatic carbocycles. The Bertz CT molecular complexity index is 1470. The van der Waals surface area contributed by atoms with Crippen LogP contribution in [0.4, 0.5) is 0 Å². The molecule has 0 bridgehead atoms. The average Bonchev–Trinajstić information content (AvgIpc) is 3.30. The lowest BCUT2D eigenvalue weighted by molar-refractivity contribution is -0.238. The van der Waals surface area contributed by atoms with Crippen molar-refractivity contribution in [1.29, 1.82) is 0 Å². The van der Waals surface area contributed by atoms with Gasteiger partial charge in [-0.1, -0.05) is 41.9 Å². The highest BCUT2D eigenvalue weighted by Gasteiger charge is 2.43. The molecule has 7 heteroatoms. The van der Waals surface area contributed by atoms with E-state index in [4.69, 9.17) is 16.3 Å².